The Kier molecular flexibility index (Phi) is 5.56. The fourth-order valence-electron chi connectivity index (χ4n) is 3.01. The quantitative estimate of drug-likeness (QED) is 0.497. The van der Waals surface area contributed by atoms with E-state index in [2.05, 4.69) is 71.5 Å². The predicted octanol–water partition coefficient (Wildman–Crippen LogP) is 4.05. The molecule has 1 saturated heterocycles. The Morgan fingerprint density at radius 2 is 2.04 bits per heavy atom. The minimum absolute atomic E-state index is 0.0153. The second-order valence-electron chi connectivity index (χ2n) is 8.45. The fourth-order valence-corrected chi connectivity index (χ4v) is 5.07. The number of nitrogens with two attached hydrogens (primary N) is 1. The van der Waals surface area contributed by atoms with Gasteiger partial charge in [-0.3, -0.25) is 0 Å². The van der Waals surface area contributed by atoms with Gasteiger partial charge >= 0.3 is 0 Å². The van der Waals surface area contributed by atoms with E-state index in [1.807, 2.05) is 6.92 Å². The lowest BCUT2D eigenvalue weighted by Crippen LogP contribution is -2.48. The molecule has 2 aromatic heterocycles. The molecule has 0 amide bonds. The highest BCUT2D eigenvalue weighted by atomic mass is 127. The predicted molar refractivity (Wildman–Crippen MR) is 114 cm³/mol. The largest absolute Gasteiger partial charge is 0.408 e. The summed E-state index contributed by atoms with van der Waals surface area (Å²) >= 11 is 2.06. The number of fused-ring (bicyclic) bond motifs is 1. The first-order valence-electron chi connectivity index (χ1n) is 9.09. The summed E-state index contributed by atoms with van der Waals surface area (Å²) in [4.78, 5) is 8.26. The van der Waals surface area contributed by atoms with Crippen LogP contribution in [0.4, 0.5) is 10.2 Å². The summed E-state index contributed by atoms with van der Waals surface area (Å²) in [5, 5.41) is 5.05. The number of hydrogen-bond acceptors (Lipinski definition) is 6. The van der Waals surface area contributed by atoms with Gasteiger partial charge in [0.15, 0.2) is 26.4 Å². The van der Waals surface area contributed by atoms with E-state index in [1.165, 1.54) is 11.0 Å². The van der Waals surface area contributed by atoms with Crippen molar-refractivity contribution >= 4 is 47.8 Å². The lowest BCUT2D eigenvalue weighted by atomic mass is 10.1. The first-order chi connectivity index (χ1) is 12.5. The van der Waals surface area contributed by atoms with Crippen molar-refractivity contribution in [2.75, 3.05) is 5.73 Å². The number of nitrogen functional groups attached to an aromatic ring is 1. The van der Waals surface area contributed by atoms with E-state index in [4.69, 9.17) is 14.9 Å². The molecule has 1 fully saturated rings. The Morgan fingerprint density at radius 1 is 1.37 bits per heavy atom. The molecular formula is C17H27FIN5O2Si. The maximum atomic E-state index is 15.6. The molecule has 0 spiro atoms. The molecule has 2 N–H and O–H groups in total. The van der Waals surface area contributed by atoms with Gasteiger partial charge in [0, 0.05) is 0 Å². The van der Waals surface area contributed by atoms with E-state index in [-0.39, 0.29) is 11.1 Å². The van der Waals surface area contributed by atoms with Crippen molar-refractivity contribution < 1.29 is 13.6 Å². The molecule has 2 aromatic rings. The molecule has 0 radical (unpaired) electrons. The second kappa shape index (κ2) is 7.19. The molecule has 0 bridgehead atoms. The first kappa shape index (κ1) is 20.9. The van der Waals surface area contributed by atoms with Crippen LogP contribution in [0.3, 0.4) is 0 Å². The Morgan fingerprint density at radius 3 is 2.63 bits per heavy atom. The standard InChI is InChI=1S/C17H27FIN5O2Si/c1-7-9-12(26-27(5,6)17(2,3)4)11(18)16(25-9)24-15-10(13(19)23-24)14(20)21-8-22-15/h8-9,11-12,16H,7H2,1-6H3,(H2,20,21,22)/t9-,11+,12-,16-/m1/s1. The van der Waals surface area contributed by atoms with Gasteiger partial charge in [0.1, 0.15) is 21.9 Å². The minimum Gasteiger partial charge on any atom is -0.408 e. The van der Waals surface area contributed by atoms with Crippen LogP contribution in [0, 0.1) is 3.70 Å². The van der Waals surface area contributed by atoms with Crippen molar-refractivity contribution in [1.29, 1.82) is 0 Å². The molecular weight excluding hydrogens is 480 g/mol. The maximum absolute atomic E-state index is 15.6. The summed E-state index contributed by atoms with van der Waals surface area (Å²) < 4.78 is 30.1. The molecule has 0 saturated carbocycles. The van der Waals surface area contributed by atoms with Crippen molar-refractivity contribution in [3.05, 3.63) is 10.0 Å². The van der Waals surface area contributed by atoms with E-state index in [9.17, 15) is 0 Å². The van der Waals surface area contributed by atoms with Crippen LogP contribution in [-0.2, 0) is 9.16 Å². The van der Waals surface area contributed by atoms with Gasteiger partial charge in [-0.15, -0.1) is 0 Å². The Labute approximate surface area is 173 Å². The van der Waals surface area contributed by atoms with Crippen molar-refractivity contribution in [2.24, 2.45) is 0 Å². The van der Waals surface area contributed by atoms with E-state index in [1.54, 1.807) is 0 Å². The van der Waals surface area contributed by atoms with Gasteiger partial charge in [-0.2, -0.15) is 5.10 Å². The third kappa shape index (κ3) is 3.60. The van der Waals surface area contributed by atoms with Gasteiger partial charge in [0.25, 0.3) is 0 Å². The highest BCUT2D eigenvalue weighted by molar-refractivity contribution is 14.1. The monoisotopic (exact) mass is 507 g/mol. The van der Waals surface area contributed by atoms with Gasteiger partial charge in [0.05, 0.1) is 11.5 Å². The Hall–Kier alpha value is -0.853. The molecule has 3 heterocycles. The topological polar surface area (TPSA) is 88.1 Å². The van der Waals surface area contributed by atoms with Crippen molar-refractivity contribution in [3.8, 4) is 0 Å². The van der Waals surface area contributed by atoms with Crippen molar-refractivity contribution in [1.82, 2.24) is 19.7 Å². The highest BCUT2D eigenvalue weighted by Gasteiger charge is 2.51. The maximum Gasteiger partial charge on any atom is 0.192 e. The zero-order valence-corrected chi connectivity index (χ0v) is 19.7. The summed E-state index contributed by atoms with van der Waals surface area (Å²) in [6.07, 6.45) is -1.20. The molecule has 10 heteroatoms. The number of anilines is 1. The molecule has 27 heavy (non-hydrogen) atoms. The molecule has 1 aliphatic heterocycles. The third-order valence-corrected chi connectivity index (χ3v) is 10.9. The van der Waals surface area contributed by atoms with Crippen molar-refractivity contribution in [2.45, 2.75) is 76.9 Å². The number of halogens is 2. The van der Waals surface area contributed by atoms with Crippen LogP contribution in [0.1, 0.15) is 40.3 Å². The number of hydrogen-bond donors (Lipinski definition) is 1. The lowest BCUT2D eigenvalue weighted by Gasteiger charge is -2.39. The number of nitrogens with zero attached hydrogens (tertiary/aromatic N) is 4. The molecule has 3 rings (SSSR count). The number of ether oxygens (including phenoxy) is 1. The van der Waals surface area contributed by atoms with Gasteiger partial charge in [-0.1, -0.05) is 27.7 Å². The minimum atomic E-state index is -2.15. The van der Waals surface area contributed by atoms with Crippen molar-refractivity contribution in [3.63, 3.8) is 0 Å². The number of rotatable bonds is 4. The average molecular weight is 507 g/mol. The molecule has 0 aromatic carbocycles. The SMILES string of the molecule is CC[C@H]1O[C@@H](n2nc(I)c3c(N)ncnc32)[C@@H](F)[C@@H]1O[Si](C)(C)C(C)(C)C. The molecule has 150 valence electrons. The van der Waals surface area contributed by atoms with E-state index in [0.717, 1.165) is 0 Å². The van der Waals surface area contributed by atoms with Gasteiger partial charge in [-0.25, -0.2) is 19.0 Å². The van der Waals surface area contributed by atoms with Crippen LogP contribution in [0.5, 0.6) is 0 Å². The van der Waals surface area contributed by atoms with Crippen LogP contribution in [-0.4, -0.2) is 46.4 Å². The molecule has 1 aliphatic rings. The van der Waals surface area contributed by atoms with Gasteiger partial charge in [0.2, 0.25) is 0 Å². The van der Waals surface area contributed by atoms with Crippen LogP contribution in [0.2, 0.25) is 18.1 Å². The molecule has 7 nitrogen and oxygen atoms in total. The van der Waals surface area contributed by atoms with Crippen LogP contribution in [0.15, 0.2) is 6.33 Å². The number of alkyl halides is 1. The van der Waals surface area contributed by atoms with Crippen LogP contribution in [0.25, 0.3) is 11.0 Å². The van der Waals surface area contributed by atoms with E-state index in [0.29, 0.717) is 27.0 Å². The fraction of sp³-hybridized carbons (Fsp3) is 0.706. The summed E-state index contributed by atoms with van der Waals surface area (Å²) in [6.45, 7) is 12.7. The summed E-state index contributed by atoms with van der Waals surface area (Å²) in [6, 6.07) is 0. The van der Waals surface area contributed by atoms with E-state index < -0.39 is 26.8 Å². The summed E-state index contributed by atoms with van der Waals surface area (Å²) in [5.74, 6) is 0.324. The summed E-state index contributed by atoms with van der Waals surface area (Å²) in [5.41, 5.74) is 6.43. The zero-order chi connectivity index (χ0) is 20.1. The molecule has 0 unspecified atom stereocenters. The normalized spacial score (nSPS) is 26.8. The first-order valence-corrected chi connectivity index (χ1v) is 13.1. The number of aromatic nitrogens is 4. The molecule has 0 aliphatic carbocycles. The Balaban J connectivity index is 1.97. The smallest absolute Gasteiger partial charge is 0.192 e. The lowest BCUT2D eigenvalue weighted by molar-refractivity contribution is -0.0292. The Bertz CT molecular complexity index is 841. The molecule has 4 atom stereocenters. The third-order valence-electron chi connectivity index (χ3n) is 5.62. The zero-order valence-electron chi connectivity index (χ0n) is 16.5. The van der Waals surface area contributed by atoms with Gasteiger partial charge in [-0.05, 0) is 47.1 Å². The van der Waals surface area contributed by atoms with Crippen LogP contribution >= 0.6 is 22.6 Å². The highest BCUT2D eigenvalue weighted by Crippen LogP contribution is 2.43. The summed E-state index contributed by atoms with van der Waals surface area (Å²) in [7, 11) is -2.15. The van der Waals surface area contributed by atoms with E-state index >= 15 is 4.39 Å². The van der Waals surface area contributed by atoms with Gasteiger partial charge < -0.3 is 14.9 Å². The average Bonchev–Trinajstić information content (AvgIpc) is 3.05. The second-order valence-corrected chi connectivity index (χ2v) is 14.2. The van der Waals surface area contributed by atoms with Crippen LogP contribution < -0.4 is 5.73 Å².